The molecule has 0 atom stereocenters. The van der Waals surface area contributed by atoms with E-state index in [9.17, 15) is 14.7 Å². The number of hydrogen-bond acceptors (Lipinski definition) is 3. The second-order valence-electron chi connectivity index (χ2n) is 1.75. The molecular weight excluding hydrogens is 239 g/mol. The summed E-state index contributed by atoms with van der Waals surface area (Å²) < 4.78 is 0. The van der Waals surface area contributed by atoms with E-state index in [2.05, 4.69) is 9.88 Å². The standard InChI is InChI=1S/C4H6O3.2CH3.Sn/c1-3(5)2-4(6)7;;;/h2H2,1H3,(H,6,7);2*1H3;/q;;;+1/p-1. The third-order valence-electron chi connectivity index (χ3n) is 0.393. The van der Waals surface area contributed by atoms with E-state index >= 15 is 0 Å². The Morgan fingerprint density at radius 2 is 1.70 bits per heavy atom. The molecule has 0 aliphatic rings. The molecular formula is C6H11O3Sn. The zero-order valence-corrected chi connectivity index (χ0v) is 9.29. The average molecular weight is 250 g/mol. The van der Waals surface area contributed by atoms with Crippen LogP contribution in [0.5, 0.6) is 0 Å². The van der Waals surface area contributed by atoms with Crippen molar-refractivity contribution in [1.29, 1.82) is 0 Å². The molecule has 3 nitrogen and oxygen atoms in total. The minimum absolute atomic E-state index is 0.230. The van der Waals surface area contributed by atoms with Crippen LogP contribution < -0.4 is 5.11 Å². The van der Waals surface area contributed by atoms with E-state index in [0.717, 1.165) is 0 Å². The number of rotatable bonds is 2. The van der Waals surface area contributed by atoms with Crippen LogP contribution in [0, 0.1) is 0 Å². The van der Waals surface area contributed by atoms with E-state index < -0.39 is 12.4 Å². The third kappa shape index (κ3) is 24.6. The fraction of sp³-hybridized carbons (Fsp3) is 0.667. The second kappa shape index (κ2) is 8.94. The molecule has 0 saturated carbocycles. The molecule has 0 aromatic heterocycles. The van der Waals surface area contributed by atoms with E-state index in [-0.39, 0.29) is 26.9 Å². The van der Waals surface area contributed by atoms with Crippen LogP contribution in [0.15, 0.2) is 0 Å². The van der Waals surface area contributed by atoms with Crippen molar-refractivity contribution in [2.24, 2.45) is 0 Å². The van der Waals surface area contributed by atoms with Crippen molar-refractivity contribution < 1.29 is 14.7 Å². The van der Waals surface area contributed by atoms with Crippen molar-refractivity contribution in [2.45, 2.75) is 23.2 Å². The van der Waals surface area contributed by atoms with Gasteiger partial charge in [0.25, 0.3) is 0 Å². The van der Waals surface area contributed by atoms with E-state index in [1.807, 2.05) is 0 Å². The van der Waals surface area contributed by atoms with Crippen molar-refractivity contribution in [3.05, 3.63) is 0 Å². The van der Waals surface area contributed by atoms with Gasteiger partial charge in [-0.2, -0.15) is 0 Å². The van der Waals surface area contributed by atoms with Crippen LogP contribution in [-0.4, -0.2) is 32.9 Å². The number of hydrogen-bond donors (Lipinski definition) is 0. The number of Topliss-reactive ketones (excluding diaryl/α,β-unsaturated/α-hetero) is 1. The van der Waals surface area contributed by atoms with Crippen molar-refractivity contribution in [1.82, 2.24) is 0 Å². The first-order chi connectivity index (χ1) is 4.54. The summed E-state index contributed by atoms with van der Waals surface area (Å²) in [4.78, 5) is 23.9. The summed E-state index contributed by atoms with van der Waals surface area (Å²) in [6.07, 6.45) is -0.472. The van der Waals surface area contributed by atoms with E-state index in [1.54, 1.807) is 0 Å². The van der Waals surface area contributed by atoms with Gasteiger partial charge in [-0.25, -0.2) is 0 Å². The van der Waals surface area contributed by atoms with Gasteiger partial charge in [0.1, 0.15) is 5.78 Å². The molecule has 4 heteroatoms. The van der Waals surface area contributed by atoms with Gasteiger partial charge in [-0.3, -0.25) is 4.79 Å². The summed E-state index contributed by atoms with van der Waals surface area (Å²) in [5.74, 6) is -1.69. The molecule has 0 saturated heterocycles. The van der Waals surface area contributed by atoms with Gasteiger partial charge < -0.3 is 9.90 Å². The summed E-state index contributed by atoms with van der Waals surface area (Å²) in [6.45, 7) is 1.20. The van der Waals surface area contributed by atoms with Gasteiger partial charge in [0.2, 0.25) is 0 Å². The topological polar surface area (TPSA) is 57.2 Å². The van der Waals surface area contributed by atoms with Crippen LogP contribution >= 0.6 is 0 Å². The molecule has 10 heavy (non-hydrogen) atoms. The number of carbonyl (C=O) groups excluding carboxylic acids is 2. The Labute approximate surface area is 71.0 Å². The van der Waals surface area contributed by atoms with Crippen LogP contribution in [0.3, 0.4) is 0 Å². The molecule has 57 valence electrons. The maximum absolute atomic E-state index is 9.83. The van der Waals surface area contributed by atoms with Crippen molar-refractivity contribution in [3.8, 4) is 0 Å². The number of ketones is 1. The minimum atomic E-state index is -1.31. The van der Waals surface area contributed by atoms with Crippen molar-refractivity contribution in [2.75, 3.05) is 0 Å². The first-order valence-electron chi connectivity index (χ1n) is 2.82. The Morgan fingerprint density at radius 3 is 1.70 bits per heavy atom. The predicted molar refractivity (Wildman–Crippen MR) is 37.8 cm³/mol. The zero-order valence-electron chi connectivity index (χ0n) is 6.43. The van der Waals surface area contributed by atoms with E-state index in [1.165, 1.54) is 6.92 Å². The summed E-state index contributed by atoms with van der Waals surface area (Å²) in [6, 6.07) is 0. The summed E-state index contributed by atoms with van der Waals surface area (Å²) in [5.41, 5.74) is 0. The first-order valence-corrected chi connectivity index (χ1v) is 8.53. The Bertz CT molecular complexity index is 99.6. The normalized spacial score (nSPS) is 7.10. The molecule has 0 bridgehead atoms. The SMILES string of the molecule is CC(=O)CC(=O)[O-].[CH3][Sn+][CH3]. The first kappa shape index (κ1) is 12.6. The fourth-order valence-electron chi connectivity index (χ4n) is 0.203. The average Bonchev–Trinajstić information content (AvgIpc) is 1.62. The van der Waals surface area contributed by atoms with Gasteiger partial charge in [-0.1, -0.05) is 0 Å². The van der Waals surface area contributed by atoms with Crippen molar-refractivity contribution in [3.63, 3.8) is 0 Å². The second-order valence-corrected chi connectivity index (χ2v) is 4.60. The molecule has 0 aromatic rings. The van der Waals surface area contributed by atoms with Crippen LogP contribution in [-0.2, 0) is 9.59 Å². The maximum atomic E-state index is 9.83. The van der Waals surface area contributed by atoms with Gasteiger partial charge in [0.05, 0.1) is 0 Å². The number of carboxylic acids is 1. The molecule has 0 fully saturated rings. The summed E-state index contributed by atoms with van der Waals surface area (Å²) in [5, 5.41) is 9.48. The molecule has 0 N–H and O–H groups in total. The Morgan fingerprint density at radius 1 is 1.40 bits per heavy atom. The molecule has 0 spiro atoms. The Balaban J connectivity index is 0. The number of carbonyl (C=O) groups is 2. The monoisotopic (exact) mass is 251 g/mol. The summed E-state index contributed by atoms with van der Waals surface area (Å²) >= 11 is 0.230. The number of carboxylic acid groups (broad SMARTS) is 1. The molecule has 0 rings (SSSR count). The molecule has 0 unspecified atom stereocenters. The Kier molecular flexibility index (Phi) is 11.3. The van der Waals surface area contributed by atoms with Gasteiger partial charge in [-0.15, -0.1) is 0 Å². The van der Waals surface area contributed by atoms with E-state index in [0.29, 0.717) is 0 Å². The number of aliphatic carboxylic acids is 1. The van der Waals surface area contributed by atoms with E-state index in [4.69, 9.17) is 0 Å². The molecule has 1 radical (unpaired) electrons. The van der Waals surface area contributed by atoms with Crippen LogP contribution in [0.25, 0.3) is 0 Å². The fourth-order valence-corrected chi connectivity index (χ4v) is 0.203. The van der Waals surface area contributed by atoms with Gasteiger partial charge in [0.15, 0.2) is 0 Å². The van der Waals surface area contributed by atoms with Gasteiger partial charge in [0, 0.05) is 12.4 Å². The third-order valence-corrected chi connectivity index (χ3v) is 0.393. The van der Waals surface area contributed by atoms with Crippen molar-refractivity contribution >= 4 is 32.9 Å². The quantitative estimate of drug-likeness (QED) is 0.490. The molecule has 0 aliphatic heterocycles. The van der Waals surface area contributed by atoms with Crippen LogP contribution in [0.2, 0.25) is 9.88 Å². The summed E-state index contributed by atoms with van der Waals surface area (Å²) in [7, 11) is 0. The van der Waals surface area contributed by atoms with Gasteiger partial charge >= 0.3 is 31.0 Å². The molecule has 0 amide bonds. The molecule has 0 aliphatic carbocycles. The zero-order chi connectivity index (χ0) is 8.57. The van der Waals surface area contributed by atoms with Gasteiger partial charge in [-0.05, 0) is 6.92 Å². The predicted octanol–water partition coefficient (Wildman–Crippen LogP) is -0.498. The molecule has 0 aromatic carbocycles. The van der Waals surface area contributed by atoms with Crippen LogP contribution in [0.4, 0.5) is 0 Å². The van der Waals surface area contributed by atoms with Crippen LogP contribution in [0.1, 0.15) is 13.3 Å². The Hall–Kier alpha value is -0.0613. The molecule has 0 heterocycles.